The zero-order valence-corrected chi connectivity index (χ0v) is 45.4. The van der Waals surface area contributed by atoms with Crippen LogP contribution in [0, 0.1) is 12.7 Å². The molecule has 0 spiro atoms. The van der Waals surface area contributed by atoms with Gasteiger partial charge in [0.05, 0.1) is 54.7 Å². The average molecular weight is 1120 g/mol. The van der Waals surface area contributed by atoms with Crippen LogP contribution in [0.25, 0.3) is 22.3 Å². The lowest BCUT2D eigenvalue weighted by Crippen LogP contribution is -2.52. The first-order valence-corrected chi connectivity index (χ1v) is 27.1. The summed E-state index contributed by atoms with van der Waals surface area (Å²) < 4.78 is 28.6. The van der Waals surface area contributed by atoms with E-state index in [-0.39, 0.29) is 61.9 Å². The maximum Gasteiger partial charge on any atom is 0.343 e. The fourth-order valence-electron chi connectivity index (χ4n) is 10.9. The van der Waals surface area contributed by atoms with Crippen molar-refractivity contribution in [3.63, 3.8) is 0 Å². The molecule has 428 valence electrons. The number of halogens is 1. The summed E-state index contributed by atoms with van der Waals surface area (Å²) in [6, 6.07) is 18.4. The Kier molecular flexibility index (Phi) is 17.5. The number of carbonyl (C=O) groups excluding carboxylic acids is 9. The van der Waals surface area contributed by atoms with E-state index in [1.807, 2.05) is 0 Å². The van der Waals surface area contributed by atoms with Gasteiger partial charge in [0.2, 0.25) is 29.5 Å². The summed E-state index contributed by atoms with van der Waals surface area (Å²) in [5, 5.41) is 24.8. The number of cyclic esters (lactones) is 1. The zero-order valence-electron chi connectivity index (χ0n) is 45.4. The van der Waals surface area contributed by atoms with Crippen molar-refractivity contribution in [1.29, 1.82) is 0 Å². The lowest BCUT2D eigenvalue weighted by Gasteiger charge is -2.36. The molecule has 3 aromatic carbocycles. The number of likely N-dealkylation sites (N-methyl/N-ethyl adjacent to an activating group) is 1. The number of fused-ring (bicyclic) bond motifs is 5. The highest BCUT2D eigenvalue weighted by atomic mass is 19.1. The van der Waals surface area contributed by atoms with Crippen LogP contribution in [0.3, 0.4) is 0 Å². The van der Waals surface area contributed by atoms with Gasteiger partial charge in [-0.1, -0.05) is 74.0 Å². The van der Waals surface area contributed by atoms with Gasteiger partial charge in [-0.05, 0) is 72.9 Å². The second-order valence-corrected chi connectivity index (χ2v) is 20.6. The number of benzene rings is 3. The van der Waals surface area contributed by atoms with Crippen molar-refractivity contribution in [2.45, 2.75) is 102 Å². The van der Waals surface area contributed by atoms with E-state index in [0.29, 0.717) is 82.2 Å². The van der Waals surface area contributed by atoms with Crippen LogP contribution in [0.2, 0.25) is 0 Å². The number of aromatic nitrogens is 2. The average Bonchev–Trinajstić information content (AvgIpc) is 2.97. The third kappa shape index (κ3) is 12.1. The van der Waals surface area contributed by atoms with Gasteiger partial charge in [0.1, 0.15) is 25.2 Å². The third-order valence-corrected chi connectivity index (χ3v) is 15.4. The van der Waals surface area contributed by atoms with Crippen LogP contribution in [0.1, 0.15) is 102 Å². The molecule has 4 atom stereocenters. The molecule has 5 heterocycles. The van der Waals surface area contributed by atoms with Gasteiger partial charge in [-0.15, -0.1) is 0 Å². The van der Waals surface area contributed by atoms with Gasteiger partial charge in [-0.25, -0.2) is 14.2 Å². The predicted molar refractivity (Wildman–Crippen MR) is 292 cm³/mol. The molecule has 23 heteroatoms. The molecular formula is C59H62FN9O13. The van der Waals surface area contributed by atoms with Gasteiger partial charge in [0.25, 0.3) is 23.3 Å². The van der Waals surface area contributed by atoms with Crippen molar-refractivity contribution in [2.24, 2.45) is 0 Å². The summed E-state index contributed by atoms with van der Waals surface area (Å²) in [7, 11) is 1.62. The SMILES string of the molecule is CC[C@@]1(O)C(=O)OCc2c1cc1n(c2=O)Cc2c-1nc1cc(F)c(C)c3c1c2[C@@H](N(C)C(=O)C(OCNC(=O)CNC(=O)[C@H](Cc1ccccc1)NC(=O)CNC(=O)CNC(=O)CCCCCN1C(=O)C=CC1=O)c1ccccc1)CC3. The molecular weight excluding hydrogens is 1060 g/mol. The Hall–Kier alpha value is -8.96. The standard InChI is InChI=1S/C59H62FN9O13/c1-4-59(80)39-25-44-53-37(30-69(44)56(77)38(39)31-81-58(59)79)52-43(20-19-36-33(2)40(60)26-41(66-53)51(36)52)67(3)57(78)54(35-16-10-6-11-17-35)82-32-64-47(72)28-63-55(76)42(24-34-14-8-5-9-15-34)65-48(73)29-62-46(71)27-61-45(70)18-12-7-13-23-68-49(74)21-22-50(68)75/h5-6,8-11,14-17,21-22,25-26,42-43,54,80H,4,7,12-13,18-20,23-24,27-32H2,1-3H3,(H,61,70)(H,62,71)(H,63,76)(H,64,72)(H,65,73)/t42-,43-,54?,59-/m0/s1. The van der Waals surface area contributed by atoms with E-state index in [1.165, 1.54) is 27.7 Å². The van der Waals surface area contributed by atoms with E-state index in [2.05, 4.69) is 26.6 Å². The number of ether oxygens (including phenoxy) is 2. The number of hydrogen-bond acceptors (Lipinski definition) is 14. The molecule has 0 bridgehead atoms. The van der Waals surface area contributed by atoms with Gasteiger partial charge in [0, 0.05) is 61.2 Å². The van der Waals surface area contributed by atoms with E-state index in [1.54, 1.807) is 87.6 Å². The number of unbranched alkanes of at least 4 members (excludes halogenated alkanes) is 2. The molecule has 22 nitrogen and oxygen atoms in total. The van der Waals surface area contributed by atoms with Gasteiger partial charge < -0.3 is 50.6 Å². The molecule has 3 aliphatic heterocycles. The molecule has 6 N–H and O–H groups in total. The Labute approximate surface area is 469 Å². The minimum absolute atomic E-state index is 0.0220. The van der Waals surface area contributed by atoms with Crippen molar-refractivity contribution in [2.75, 3.05) is 40.0 Å². The van der Waals surface area contributed by atoms with Crippen molar-refractivity contribution in [3.05, 3.63) is 146 Å². The zero-order chi connectivity index (χ0) is 58.4. The number of rotatable bonds is 23. The van der Waals surface area contributed by atoms with Crippen LogP contribution in [0.15, 0.2) is 89.7 Å². The number of carbonyl (C=O) groups is 9. The molecule has 9 rings (SSSR count). The highest BCUT2D eigenvalue weighted by molar-refractivity contribution is 6.12. The number of aliphatic hydroxyl groups is 1. The van der Waals surface area contributed by atoms with Gasteiger partial charge in [0.15, 0.2) is 11.7 Å². The molecule has 4 aliphatic rings. The Morgan fingerprint density at radius 1 is 0.841 bits per heavy atom. The number of nitrogens with zero attached hydrogens (tertiary/aromatic N) is 4. The Morgan fingerprint density at radius 3 is 2.23 bits per heavy atom. The Morgan fingerprint density at radius 2 is 1.51 bits per heavy atom. The number of hydrogen-bond donors (Lipinski definition) is 6. The Bertz CT molecular complexity index is 3480. The number of esters is 1. The van der Waals surface area contributed by atoms with Gasteiger partial charge in [-0.2, -0.15) is 0 Å². The van der Waals surface area contributed by atoms with Crippen LogP contribution in [-0.2, 0) is 84.2 Å². The second-order valence-electron chi connectivity index (χ2n) is 20.6. The fourth-order valence-corrected chi connectivity index (χ4v) is 10.9. The summed E-state index contributed by atoms with van der Waals surface area (Å²) >= 11 is 0. The molecule has 0 fully saturated rings. The highest BCUT2D eigenvalue weighted by Gasteiger charge is 2.46. The molecule has 1 aliphatic carbocycles. The van der Waals surface area contributed by atoms with E-state index < -0.39 is 103 Å². The molecule has 2 aromatic heterocycles. The monoisotopic (exact) mass is 1120 g/mol. The lowest BCUT2D eigenvalue weighted by molar-refractivity contribution is -0.172. The van der Waals surface area contributed by atoms with Crippen molar-refractivity contribution < 1.29 is 62.1 Å². The summed E-state index contributed by atoms with van der Waals surface area (Å²) in [5.74, 6) is -5.79. The first-order chi connectivity index (χ1) is 39.4. The van der Waals surface area contributed by atoms with Crippen molar-refractivity contribution in [1.82, 2.24) is 45.9 Å². The van der Waals surface area contributed by atoms with Gasteiger partial charge >= 0.3 is 5.97 Å². The second kappa shape index (κ2) is 24.8. The molecule has 0 saturated carbocycles. The number of pyridine rings is 2. The van der Waals surface area contributed by atoms with Crippen LogP contribution in [0.4, 0.5) is 4.39 Å². The minimum atomic E-state index is -2.08. The lowest BCUT2D eigenvalue weighted by atomic mass is 9.81. The number of amides is 8. The van der Waals surface area contributed by atoms with Gasteiger partial charge in [-0.3, -0.25) is 48.1 Å². The normalized spacial score (nSPS) is 17.3. The molecule has 0 saturated heterocycles. The maximum absolute atomic E-state index is 15.7. The highest BCUT2D eigenvalue weighted by Crippen LogP contribution is 2.48. The largest absolute Gasteiger partial charge is 0.458 e. The Balaban J connectivity index is 0.822. The van der Waals surface area contributed by atoms with Crippen molar-refractivity contribution >= 4 is 64.1 Å². The molecule has 1 unspecified atom stereocenters. The van der Waals surface area contributed by atoms with E-state index >= 15 is 4.39 Å². The quantitative estimate of drug-likeness (QED) is 0.0233. The van der Waals surface area contributed by atoms with Crippen LogP contribution in [-0.4, -0.2) is 124 Å². The summed E-state index contributed by atoms with van der Waals surface area (Å²) in [6.45, 7) is 1.25. The summed E-state index contributed by atoms with van der Waals surface area (Å²) in [4.78, 5) is 138. The molecule has 82 heavy (non-hydrogen) atoms. The predicted octanol–water partition coefficient (Wildman–Crippen LogP) is 2.37. The summed E-state index contributed by atoms with van der Waals surface area (Å²) in [5.41, 5.74) is 2.24. The number of nitrogens with one attached hydrogen (secondary N) is 5. The third-order valence-electron chi connectivity index (χ3n) is 15.4. The maximum atomic E-state index is 15.7. The smallest absolute Gasteiger partial charge is 0.343 e. The van der Waals surface area contributed by atoms with E-state index in [4.69, 9.17) is 14.5 Å². The molecule has 8 amide bonds. The van der Waals surface area contributed by atoms with Crippen LogP contribution < -0.4 is 32.1 Å². The fraction of sp³-hybridized carbons (Fsp3) is 0.373. The first kappa shape index (κ1) is 57.7. The summed E-state index contributed by atoms with van der Waals surface area (Å²) in [6.07, 6.45) is 3.46. The van der Waals surface area contributed by atoms with Crippen LogP contribution in [0.5, 0.6) is 0 Å². The molecule has 0 radical (unpaired) electrons. The van der Waals surface area contributed by atoms with E-state index in [9.17, 15) is 53.1 Å². The minimum Gasteiger partial charge on any atom is -0.458 e. The number of imide groups is 1. The van der Waals surface area contributed by atoms with Crippen molar-refractivity contribution in [3.8, 4) is 11.4 Å². The molecule has 5 aromatic rings. The first-order valence-electron chi connectivity index (χ1n) is 27.1. The van der Waals surface area contributed by atoms with Crippen LogP contribution >= 0.6 is 0 Å². The topological polar surface area (TPSA) is 294 Å². The number of aryl methyl sites for hydroxylation is 1. The van der Waals surface area contributed by atoms with E-state index in [0.717, 1.165) is 10.5 Å².